The Bertz CT molecular complexity index is 1000. The molecule has 0 spiro atoms. The van der Waals surface area contributed by atoms with Gasteiger partial charge < -0.3 is 9.30 Å². The van der Waals surface area contributed by atoms with Crippen LogP contribution in [0.3, 0.4) is 0 Å². The number of aryl methyl sites for hydroxylation is 1. The number of aromatic nitrogens is 3. The average molecular weight is 398 g/mol. The monoisotopic (exact) mass is 398 g/mol. The number of benzene rings is 2. The first-order valence-electron chi connectivity index (χ1n) is 8.43. The number of ketones is 1. The number of nitrogens with zero attached hydrogens (tertiary/aromatic N) is 4. The molecule has 2 aromatic carbocycles. The Balaban J connectivity index is 1.58. The topological polar surface area (TPSA) is 100 Å². The molecule has 0 unspecified atom stereocenters. The molecule has 9 heteroatoms. The molecule has 0 radical (unpaired) electrons. The van der Waals surface area contributed by atoms with Crippen molar-refractivity contribution in [2.45, 2.75) is 18.7 Å². The Morgan fingerprint density at radius 1 is 1.18 bits per heavy atom. The lowest BCUT2D eigenvalue weighted by molar-refractivity contribution is -0.384. The van der Waals surface area contributed by atoms with Crippen molar-refractivity contribution in [3.8, 4) is 5.75 Å². The molecule has 28 heavy (non-hydrogen) atoms. The van der Waals surface area contributed by atoms with Crippen LogP contribution < -0.4 is 4.74 Å². The van der Waals surface area contributed by atoms with E-state index < -0.39 is 4.92 Å². The van der Waals surface area contributed by atoms with E-state index in [4.69, 9.17) is 4.74 Å². The van der Waals surface area contributed by atoms with Gasteiger partial charge in [-0.3, -0.25) is 14.9 Å². The summed E-state index contributed by atoms with van der Waals surface area (Å²) in [4.78, 5) is 22.5. The molecular weight excluding hydrogens is 380 g/mol. The highest BCUT2D eigenvalue weighted by Crippen LogP contribution is 2.21. The minimum atomic E-state index is -0.497. The van der Waals surface area contributed by atoms with E-state index in [0.717, 1.165) is 11.3 Å². The Hall–Kier alpha value is -3.20. The third-order valence-electron chi connectivity index (χ3n) is 4.11. The van der Waals surface area contributed by atoms with Crippen molar-refractivity contribution in [1.29, 1.82) is 0 Å². The lowest BCUT2D eigenvalue weighted by atomic mass is 10.1. The summed E-state index contributed by atoms with van der Waals surface area (Å²) in [5.74, 6) is 1.45. The van der Waals surface area contributed by atoms with E-state index in [0.29, 0.717) is 16.5 Å². The predicted octanol–water partition coefficient (Wildman–Crippen LogP) is 3.59. The van der Waals surface area contributed by atoms with Gasteiger partial charge in [-0.15, -0.1) is 10.2 Å². The lowest BCUT2D eigenvalue weighted by Gasteiger charge is -2.08. The van der Waals surface area contributed by atoms with E-state index in [9.17, 15) is 14.9 Å². The lowest BCUT2D eigenvalue weighted by Crippen LogP contribution is -2.06. The van der Waals surface area contributed by atoms with Crippen molar-refractivity contribution in [1.82, 2.24) is 14.8 Å². The Morgan fingerprint density at radius 3 is 2.57 bits per heavy atom. The third kappa shape index (κ3) is 4.55. The Morgan fingerprint density at radius 2 is 1.89 bits per heavy atom. The number of hydrogen-bond donors (Lipinski definition) is 0. The van der Waals surface area contributed by atoms with Crippen LogP contribution in [0.2, 0.25) is 0 Å². The standard InChI is InChI=1S/C19H18N4O4S/c1-13-5-3-4-6-17(13)27-11-18-20-21-19(22(18)2)28-12-16(24)14-7-9-15(10-8-14)23(25)26/h3-10H,11-12H2,1-2H3. The molecule has 0 saturated carbocycles. The Labute approximate surface area is 165 Å². The van der Waals surface area contributed by atoms with E-state index in [-0.39, 0.29) is 23.8 Å². The number of thioether (sulfide) groups is 1. The highest BCUT2D eigenvalue weighted by Gasteiger charge is 2.14. The number of para-hydroxylation sites is 1. The number of carbonyl (C=O) groups is 1. The van der Waals surface area contributed by atoms with Gasteiger partial charge in [0, 0.05) is 24.7 Å². The summed E-state index contributed by atoms with van der Waals surface area (Å²) < 4.78 is 7.57. The van der Waals surface area contributed by atoms with Crippen LogP contribution in [-0.2, 0) is 13.7 Å². The van der Waals surface area contributed by atoms with Crippen LogP contribution in [0.1, 0.15) is 21.7 Å². The average Bonchev–Trinajstić information content (AvgIpc) is 3.05. The summed E-state index contributed by atoms with van der Waals surface area (Å²) in [7, 11) is 1.81. The smallest absolute Gasteiger partial charge is 0.269 e. The van der Waals surface area contributed by atoms with Crippen molar-refractivity contribution in [3.63, 3.8) is 0 Å². The zero-order valence-corrected chi connectivity index (χ0v) is 16.2. The summed E-state index contributed by atoms with van der Waals surface area (Å²) in [6.07, 6.45) is 0. The number of Topliss-reactive ketones (excluding diaryl/α,β-unsaturated/α-hetero) is 1. The second-order valence-electron chi connectivity index (χ2n) is 6.03. The number of hydrogen-bond acceptors (Lipinski definition) is 7. The van der Waals surface area contributed by atoms with Crippen molar-refractivity contribution in [2.75, 3.05) is 5.75 Å². The van der Waals surface area contributed by atoms with Crippen molar-refractivity contribution >= 4 is 23.2 Å². The number of nitro groups is 1. The molecule has 1 aromatic heterocycles. The van der Waals surface area contributed by atoms with Crippen LogP contribution in [0, 0.1) is 17.0 Å². The van der Waals surface area contributed by atoms with Crippen molar-refractivity contribution in [3.05, 3.63) is 75.6 Å². The minimum absolute atomic E-state index is 0.0456. The maximum Gasteiger partial charge on any atom is 0.269 e. The second kappa shape index (κ2) is 8.66. The SMILES string of the molecule is Cc1ccccc1OCc1nnc(SCC(=O)c2ccc([N+](=O)[O-])cc2)n1C. The maximum atomic E-state index is 12.3. The van der Waals surface area contributed by atoms with Gasteiger partial charge in [0.15, 0.2) is 16.8 Å². The first-order chi connectivity index (χ1) is 13.5. The summed E-state index contributed by atoms with van der Waals surface area (Å²) in [6, 6.07) is 13.3. The van der Waals surface area contributed by atoms with Crippen LogP contribution >= 0.6 is 11.8 Å². The fraction of sp³-hybridized carbons (Fsp3) is 0.211. The van der Waals surface area contributed by atoms with Gasteiger partial charge >= 0.3 is 0 Å². The van der Waals surface area contributed by atoms with Gasteiger partial charge in [-0.25, -0.2) is 0 Å². The molecule has 0 N–H and O–H groups in total. The van der Waals surface area contributed by atoms with Crippen molar-refractivity contribution in [2.24, 2.45) is 7.05 Å². The van der Waals surface area contributed by atoms with Gasteiger partial charge in [0.2, 0.25) is 0 Å². The molecule has 0 amide bonds. The molecule has 0 bridgehead atoms. The third-order valence-corrected chi connectivity index (χ3v) is 5.13. The van der Waals surface area contributed by atoms with Gasteiger partial charge in [-0.2, -0.15) is 0 Å². The largest absolute Gasteiger partial charge is 0.485 e. The number of non-ortho nitro benzene ring substituents is 1. The van der Waals surface area contributed by atoms with Crippen LogP contribution in [0.25, 0.3) is 0 Å². The van der Waals surface area contributed by atoms with E-state index in [2.05, 4.69) is 10.2 Å². The zero-order valence-electron chi connectivity index (χ0n) is 15.4. The molecular formula is C19H18N4O4S. The van der Waals surface area contributed by atoms with E-state index >= 15 is 0 Å². The Kier molecular flexibility index (Phi) is 6.05. The number of carbonyl (C=O) groups excluding carboxylic acids is 1. The van der Waals surface area contributed by atoms with Crippen molar-refractivity contribution < 1.29 is 14.5 Å². The first-order valence-corrected chi connectivity index (χ1v) is 9.41. The first kappa shape index (κ1) is 19.6. The molecule has 3 rings (SSSR count). The zero-order chi connectivity index (χ0) is 20.1. The second-order valence-corrected chi connectivity index (χ2v) is 6.97. The molecule has 8 nitrogen and oxygen atoms in total. The van der Waals surface area contributed by atoms with Crippen LogP contribution in [-0.4, -0.2) is 31.2 Å². The molecule has 0 aliphatic heterocycles. The fourth-order valence-corrected chi connectivity index (χ4v) is 3.26. The van der Waals surface area contributed by atoms with E-state index in [1.165, 1.54) is 36.0 Å². The van der Waals surface area contributed by atoms with Crippen LogP contribution in [0.5, 0.6) is 5.75 Å². The minimum Gasteiger partial charge on any atom is -0.485 e. The molecule has 0 atom stereocenters. The maximum absolute atomic E-state index is 12.3. The molecule has 0 aliphatic carbocycles. The summed E-state index contributed by atoms with van der Waals surface area (Å²) in [6.45, 7) is 2.24. The van der Waals surface area contributed by atoms with E-state index in [1.54, 1.807) is 4.57 Å². The summed E-state index contributed by atoms with van der Waals surface area (Å²) >= 11 is 1.26. The predicted molar refractivity (Wildman–Crippen MR) is 105 cm³/mol. The molecule has 1 heterocycles. The molecule has 3 aromatic rings. The highest BCUT2D eigenvalue weighted by atomic mass is 32.2. The molecule has 0 fully saturated rings. The van der Waals surface area contributed by atoms with Gasteiger partial charge in [-0.05, 0) is 30.7 Å². The summed E-state index contributed by atoms with van der Waals surface area (Å²) in [5.41, 5.74) is 1.41. The molecule has 0 aliphatic rings. The number of ether oxygens (including phenoxy) is 1. The fourth-order valence-electron chi connectivity index (χ4n) is 2.44. The van der Waals surface area contributed by atoms with Gasteiger partial charge in [0.25, 0.3) is 5.69 Å². The molecule has 144 valence electrons. The van der Waals surface area contributed by atoms with Gasteiger partial charge in [0.05, 0.1) is 10.7 Å². The highest BCUT2D eigenvalue weighted by molar-refractivity contribution is 7.99. The summed E-state index contributed by atoms with van der Waals surface area (Å²) in [5, 5.41) is 19.5. The van der Waals surface area contributed by atoms with Crippen LogP contribution in [0.4, 0.5) is 5.69 Å². The number of rotatable bonds is 8. The van der Waals surface area contributed by atoms with E-state index in [1.807, 2.05) is 38.2 Å². The molecule has 0 saturated heterocycles. The number of nitro benzene ring substituents is 1. The van der Waals surface area contributed by atoms with Crippen LogP contribution in [0.15, 0.2) is 53.7 Å². The van der Waals surface area contributed by atoms with Gasteiger partial charge in [-0.1, -0.05) is 30.0 Å². The van der Waals surface area contributed by atoms with Gasteiger partial charge in [0.1, 0.15) is 12.4 Å². The quantitative estimate of drug-likeness (QED) is 0.247. The normalized spacial score (nSPS) is 10.6.